The van der Waals surface area contributed by atoms with Crippen LogP contribution in [0.1, 0.15) is 5.56 Å². The molecular formula is C14H22BrN3O. The quantitative estimate of drug-likeness (QED) is 0.854. The Morgan fingerprint density at radius 2 is 2.00 bits per heavy atom. The van der Waals surface area contributed by atoms with Crippen molar-refractivity contribution in [1.29, 1.82) is 0 Å². The highest BCUT2D eigenvalue weighted by atomic mass is 79.9. The fourth-order valence-electron chi connectivity index (χ4n) is 2.53. The average molecular weight is 328 g/mol. The first kappa shape index (κ1) is 14.8. The number of aliphatic hydroxyl groups is 1. The van der Waals surface area contributed by atoms with Gasteiger partial charge in [-0.3, -0.25) is 4.90 Å². The number of halogens is 1. The number of β-amino-alcohol motifs (C(OH)–C–C–N with tert-alkyl or cyclic N) is 1. The number of rotatable bonds is 5. The van der Waals surface area contributed by atoms with E-state index in [4.69, 9.17) is 5.11 Å². The van der Waals surface area contributed by atoms with E-state index in [0.29, 0.717) is 0 Å². The molecule has 0 spiro atoms. The molecule has 106 valence electrons. The van der Waals surface area contributed by atoms with Gasteiger partial charge in [0.1, 0.15) is 0 Å². The number of benzene rings is 1. The molecule has 0 atom stereocenters. The Balaban J connectivity index is 2.07. The van der Waals surface area contributed by atoms with Crippen molar-refractivity contribution in [2.45, 2.75) is 6.54 Å². The summed E-state index contributed by atoms with van der Waals surface area (Å²) in [6.07, 6.45) is 0. The predicted octanol–water partition coefficient (Wildman–Crippen LogP) is 1.28. The summed E-state index contributed by atoms with van der Waals surface area (Å²) < 4.78 is 1.13. The lowest BCUT2D eigenvalue weighted by Gasteiger charge is -2.36. The first-order valence-corrected chi connectivity index (χ1v) is 7.55. The van der Waals surface area contributed by atoms with Gasteiger partial charge in [-0.05, 0) is 24.7 Å². The van der Waals surface area contributed by atoms with Gasteiger partial charge < -0.3 is 15.3 Å². The molecular weight excluding hydrogens is 306 g/mol. The molecule has 0 amide bonds. The monoisotopic (exact) mass is 327 g/mol. The molecule has 1 aromatic rings. The van der Waals surface area contributed by atoms with Crippen LogP contribution in [0.5, 0.6) is 0 Å². The zero-order valence-electron chi connectivity index (χ0n) is 11.4. The van der Waals surface area contributed by atoms with E-state index in [1.165, 1.54) is 11.3 Å². The van der Waals surface area contributed by atoms with Crippen molar-refractivity contribution >= 4 is 21.6 Å². The molecule has 0 saturated carbocycles. The van der Waals surface area contributed by atoms with E-state index in [1.807, 2.05) is 7.05 Å². The van der Waals surface area contributed by atoms with Gasteiger partial charge in [-0.25, -0.2) is 0 Å². The molecule has 2 N–H and O–H groups in total. The van der Waals surface area contributed by atoms with Gasteiger partial charge in [-0.15, -0.1) is 0 Å². The number of nitrogens with zero attached hydrogens (tertiary/aromatic N) is 2. The van der Waals surface area contributed by atoms with Crippen LogP contribution in [-0.4, -0.2) is 56.4 Å². The van der Waals surface area contributed by atoms with E-state index in [-0.39, 0.29) is 6.61 Å². The molecule has 1 fully saturated rings. The van der Waals surface area contributed by atoms with Crippen molar-refractivity contribution in [2.75, 3.05) is 51.3 Å². The van der Waals surface area contributed by atoms with Gasteiger partial charge in [0.05, 0.1) is 6.61 Å². The summed E-state index contributed by atoms with van der Waals surface area (Å²) in [5.74, 6) is 0. The third kappa shape index (κ3) is 3.92. The van der Waals surface area contributed by atoms with Crippen molar-refractivity contribution in [2.24, 2.45) is 0 Å². The van der Waals surface area contributed by atoms with E-state index in [9.17, 15) is 0 Å². The Morgan fingerprint density at radius 3 is 2.63 bits per heavy atom. The molecule has 0 aromatic heterocycles. The molecule has 1 aliphatic rings. The molecule has 19 heavy (non-hydrogen) atoms. The van der Waals surface area contributed by atoms with Crippen molar-refractivity contribution in [3.63, 3.8) is 0 Å². The van der Waals surface area contributed by atoms with Gasteiger partial charge >= 0.3 is 0 Å². The highest BCUT2D eigenvalue weighted by Gasteiger charge is 2.18. The minimum Gasteiger partial charge on any atom is -0.395 e. The predicted molar refractivity (Wildman–Crippen MR) is 82.6 cm³/mol. The number of hydrogen-bond acceptors (Lipinski definition) is 4. The van der Waals surface area contributed by atoms with Gasteiger partial charge in [0.15, 0.2) is 0 Å². The van der Waals surface area contributed by atoms with Crippen LogP contribution in [-0.2, 0) is 6.54 Å². The summed E-state index contributed by atoms with van der Waals surface area (Å²) in [5, 5.41) is 12.2. The summed E-state index contributed by atoms with van der Waals surface area (Å²) in [6, 6.07) is 6.47. The number of anilines is 1. The fourth-order valence-corrected chi connectivity index (χ4v) is 2.87. The maximum absolute atomic E-state index is 8.98. The normalized spacial score (nSPS) is 16.9. The molecule has 0 radical (unpaired) electrons. The highest BCUT2D eigenvalue weighted by Crippen LogP contribution is 2.26. The molecule has 1 heterocycles. The van der Waals surface area contributed by atoms with Gasteiger partial charge in [-0.1, -0.05) is 22.0 Å². The van der Waals surface area contributed by atoms with Gasteiger partial charge in [-0.2, -0.15) is 0 Å². The van der Waals surface area contributed by atoms with Crippen LogP contribution in [0.4, 0.5) is 5.69 Å². The minimum absolute atomic E-state index is 0.252. The smallest absolute Gasteiger partial charge is 0.0558 e. The second-order valence-electron chi connectivity index (χ2n) is 4.86. The molecule has 0 aliphatic carbocycles. The van der Waals surface area contributed by atoms with Crippen LogP contribution in [0, 0.1) is 0 Å². The number of aliphatic hydroxyl groups excluding tert-OH is 1. The minimum atomic E-state index is 0.252. The van der Waals surface area contributed by atoms with E-state index in [2.05, 4.69) is 49.2 Å². The van der Waals surface area contributed by atoms with Crippen molar-refractivity contribution in [1.82, 2.24) is 10.2 Å². The molecule has 5 heteroatoms. The van der Waals surface area contributed by atoms with Crippen LogP contribution >= 0.6 is 15.9 Å². The second-order valence-corrected chi connectivity index (χ2v) is 5.77. The molecule has 4 nitrogen and oxygen atoms in total. The lowest BCUT2D eigenvalue weighted by molar-refractivity contribution is 0.188. The molecule has 0 unspecified atom stereocenters. The average Bonchev–Trinajstić information content (AvgIpc) is 2.42. The summed E-state index contributed by atoms with van der Waals surface area (Å²) in [4.78, 5) is 4.75. The molecule has 1 aromatic carbocycles. The standard InChI is InChI=1S/C14H22BrN3O/c1-16-11-12-2-3-13(15)10-14(12)18-6-4-17(5-7-18)8-9-19/h2-3,10,16,19H,4-9,11H2,1H3. The third-order valence-electron chi connectivity index (χ3n) is 3.54. The highest BCUT2D eigenvalue weighted by molar-refractivity contribution is 9.10. The van der Waals surface area contributed by atoms with Crippen molar-refractivity contribution in [3.05, 3.63) is 28.2 Å². The Kier molecular flexibility index (Phi) is 5.63. The summed E-state index contributed by atoms with van der Waals surface area (Å²) >= 11 is 3.56. The van der Waals surface area contributed by atoms with Crippen molar-refractivity contribution in [3.8, 4) is 0 Å². The zero-order chi connectivity index (χ0) is 13.7. The first-order valence-electron chi connectivity index (χ1n) is 6.76. The summed E-state index contributed by atoms with van der Waals surface area (Å²) in [6.45, 7) is 6.01. The lowest BCUT2D eigenvalue weighted by Crippen LogP contribution is -2.47. The van der Waals surface area contributed by atoms with Gasteiger partial charge in [0, 0.05) is 49.4 Å². The summed E-state index contributed by atoms with van der Waals surface area (Å²) in [7, 11) is 1.98. The maximum Gasteiger partial charge on any atom is 0.0558 e. The Bertz CT molecular complexity index is 406. The SMILES string of the molecule is CNCc1ccc(Br)cc1N1CCN(CCO)CC1. The van der Waals surface area contributed by atoms with Crippen LogP contribution < -0.4 is 10.2 Å². The van der Waals surface area contributed by atoms with Crippen molar-refractivity contribution < 1.29 is 5.11 Å². The molecule has 1 aliphatic heterocycles. The first-order chi connectivity index (χ1) is 9.24. The largest absolute Gasteiger partial charge is 0.395 e. The third-order valence-corrected chi connectivity index (χ3v) is 4.04. The van der Waals surface area contributed by atoms with Gasteiger partial charge in [0.2, 0.25) is 0 Å². The Labute approximate surface area is 123 Å². The second kappa shape index (κ2) is 7.24. The van der Waals surface area contributed by atoms with Gasteiger partial charge in [0.25, 0.3) is 0 Å². The van der Waals surface area contributed by atoms with E-state index in [1.54, 1.807) is 0 Å². The number of hydrogen-bond donors (Lipinski definition) is 2. The van der Waals surface area contributed by atoms with Crippen LogP contribution in [0.15, 0.2) is 22.7 Å². The topological polar surface area (TPSA) is 38.7 Å². The summed E-state index contributed by atoms with van der Waals surface area (Å²) in [5.41, 5.74) is 2.65. The van der Waals surface area contributed by atoms with E-state index < -0.39 is 0 Å². The van der Waals surface area contributed by atoms with E-state index in [0.717, 1.165) is 43.7 Å². The fraction of sp³-hybridized carbons (Fsp3) is 0.571. The number of nitrogens with one attached hydrogen (secondary N) is 1. The van der Waals surface area contributed by atoms with E-state index >= 15 is 0 Å². The van der Waals surface area contributed by atoms with Crippen LogP contribution in [0.2, 0.25) is 0 Å². The van der Waals surface area contributed by atoms with Crippen LogP contribution in [0.3, 0.4) is 0 Å². The molecule has 2 rings (SSSR count). The Morgan fingerprint density at radius 1 is 1.26 bits per heavy atom. The number of piperazine rings is 1. The Hall–Kier alpha value is -0.620. The van der Waals surface area contributed by atoms with Crippen LogP contribution in [0.25, 0.3) is 0 Å². The zero-order valence-corrected chi connectivity index (χ0v) is 13.0. The molecule has 0 bridgehead atoms. The lowest BCUT2D eigenvalue weighted by atomic mass is 10.1. The maximum atomic E-state index is 8.98. The molecule has 1 saturated heterocycles.